The largest absolute Gasteiger partial charge is 0.364 e. The van der Waals surface area contributed by atoms with Crippen molar-refractivity contribution in [2.75, 3.05) is 17.2 Å². The summed E-state index contributed by atoms with van der Waals surface area (Å²) >= 11 is 0. The summed E-state index contributed by atoms with van der Waals surface area (Å²) in [6.07, 6.45) is 2.05. The van der Waals surface area contributed by atoms with Gasteiger partial charge in [0.25, 0.3) is 0 Å². The Morgan fingerprint density at radius 1 is 0.920 bits per heavy atom. The van der Waals surface area contributed by atoms with E-state index in [0.717, 1.165) is 17.7 Å². The zero-order chi connectivity index (χ0) is 17.5. The van der Waals surface area contributed by atoms with Crippen LogP contribution in [0.3, 0.4) is 0 Å². The number of aromatic nitrogens is 2. The van der Waals surface area contributed by atoms with Crippen LogP contribution in [0.2, 0.25) is 0 Å². The van der Waals surface area contributed by atoms with Crippen LogP contribution in [0.1, 0.15) is 5.56 Å². The van der Waals surface area contributed by atoms with Gasteiger partial charge in [0.2, 0.25) is 11.6 Å². The number of nitrogens with one attached hydrogen (secondary N) is 2. The van der Waals surface area contributed by atoms with Crippen LogP contribution in [0.5, 0.6) is 0 Å². The van der Waals surface area contributed by atoms with Crippen molar-refractivity contribution in [2.24, 2.45) is 0 Å². The van der Waals surface area contributed by atoms with Gasteiger partial charge < -0.3 is 10.6 Å². The molecule has 3 aromatic rings. The van der Waals surface area contributed by atoms with Crippen molar-refractivity contribution >= 4 is 23.0 Å². The summed E-state index contributed by atoms with van der Waals surface area (Å²) < 4.78 is 0. The van der Waals surface area contributed by atoms with Gasteiger partial charge in [0.05, 0.1) is 4.92 Å². The van der Waals surface area contributed by atoms with E-state index in [1.807, 2.05) is 60.7 Å². The summed E-state index contributed by atoms with van der Waals surface area (Å²) in [6, 6.07) is 19.1. The number of hydrogen-bond acceptors (Lipinski definition) is 6. The third kappa shape index (κ3) is 4.29. The summed E-state index contributed by atoms with van der Waals surface area (Å²) in [5, 5.41) is 17.5. The molecular formula is C18H17N5O2. The van der Waals surface area contributed by atoms with Gasteiger partial charge in [-0.1, -0.05) is 48.5 Å². The molecule has 2 N–H and O–H groups in total. The molecule has 1 heterocycles. The van der Waals surface area contributed by atoms with Gasteiger partial charge in [-0.05, 0) is 24.1 Å². The molecule has 0 aliphatic heterocycles. The lowest BCUT2D eigenvalue weighted by Crippen LogP contribution is -2.10. The highest BCUT2D eigenvalue weighted by Crippen LogP contribution is 2.30. The van der Waals surface area contributed by atoms with E-state index in [9.17, 15) is 10.1 Å². The Balaban J connectivity index is 1.77. The van der Waals surface area contributed by atoms with Gasteiger partial charge in [0, 0.05) is 12.2 Å². The van der Waals surface area contributed by atoms with Crippen molar-refractivity contribution in [3.05, 3.63) is 82.7 Å². The van der Waals surface area contributed by atoms with Crippen molar-refractivity contribution in [1.29, 1.82) is 0 Å². The number of para-hydroxylation sites is 1. The minimum Gasteiger partial charge on any atom is -0.364 e. The summed E-state index contributed by atoms with van der Waals surface area (Å²) in [7, 11) is 0. The molecule has 2 aromatic carbocycles. The second kappa shape index (κ2) is 7.87. The number of anilines is 3. The van der Waals surface area contributed by atoms with Crippen molar-refractivity contribution < 1.29 is 4.92 Å². The lowest BCUT2D eigenvalue weighted by Gasteiger charge is -2.10. The van der Waals surface area contributed by atoms with Gasteiger partial charge in [-0.25, -0.2) is 9.97 Å². The van der Waals surface area contributed by atoms with Crippen molar-refractivity contribution in [3.63, 3.8) is 0 Å². The fraction of sp³-hybridized carbons (Fsp3) is 0.111. The topological polar surface area (TPSA) is 93.0 Å². The molecule has 0 saturated heterocycles. The Hall–Kier alpha value is -3.48. The van der Waals surface area contributed by atoms with Crippen LogP contribution in [0.15, 0.2) is 67.0 Å². The summed E-state index contributed by atoms with van der Waals surface area (Å²) in [5.41, 5.74) is 1.70. The van der Waals surface area contributed by atoms with Crippen molar-refractivity contribution in [2.45, 2.75) is 6.42 Å². The molecule has 126 valence electrons. The van der Waals surface area contributed by atoms with Gasteiger partial charge in [0.15, 0.2) is 0 Å². The Morgan fingerprint density at radius 2 is 1.56 bits per heavy atom. The molecular weight excluding hydrogens is 318 g/mol. The molecule has 0 fully saturated rings. The summed E-state index contributed by atoms with van der Waals surface area (Å²) in [4.78, 5) is 19.1. The molecule has 0 amide bonds. The van der Waals surface area contributed by atoms with Crippen LogP contribution in [-0.2, 0) is 6.42 Å². The number of benzene rings is 2. The average Bonchev–Trinajstić information content (AvgIpc) is 2.63. The highest BCUT2D eigenvalue weighted by atomic mass is 16.6. The molecule has 3 rings (SSSR count). The third-order valence-corrected chi connectivity index (χ3v) is 3.59. The summed E-state index contributed by atoms with van der Waals surface area (Å²) in [6.45, 7) is 0.534. The molecule has 0 aliphatic rings. The Bertz CT molecular complexity index is 841. The molecule has 0 unspecified atom stereocenters. The maximum absolute atomic E-state index is 11.5. The smallest absolute Gasteiger partial charge is 0.353 e. The van der Waals surface area contributed by atoms with E-state index in [1.165, 1.54) is 6.33 Å². The lowest BCUT2D eigenvalue weighted by atomic mass is 10.1. The molecule has 0 saturated carbocycles. The normalized spacial score (nSPS) is 10.2. The van der Waals surface area contributed by atoms with Crippen LogP contribution < -0.4 is 10.6 Å². The Morgan fingerprint density at radius 3 is 2.24 bits per heavy atom. The molecule has 0 radical (unpaired) electrons. The van der Waals surface area contributed by atoms with Gasteiger partial charge in [-0.15, -0.1) is 0 Å². The van der Waals surface area contributed by atoms with Gasteiger partial charge in [-0.2, -0.15) is 0 Å². The zero-order valence-electron chi connectivity index (χ0n) is 13.4. The van der Waals surface area contributed by atoms with E-state index in [2.05, 4.69) is 20.6 Å². The molecule has 0 spiro atoms. The van der Waals surface area contributed by atoms with E-state index in [0.29, 0.717) is 6.54 Å². The van der Waals surface area contributed by atoms with E-state index >= 15 is 0 Å². The molecule has 0 atom stereocenters. The molecule has 1 aromatic heterocycles. The lowest BCUT2D eigenvalue weighted by molar-refractivity contribution is -0.383. The van der Waals surface area contributed by atoms with Crippen molar-refractivity contribution in [1.82, 2.24) is 9.97 Å². The minimum atomic E-state index is -0.476. The molecule has 25 heavy (non-hydrogen) atoms. The second-order valence-electron chi connectivity index (χ2n) is 5.33. The number of hydrogen-bond donors (Lipinski definition) is 2. The first-order chi connectivity index (χ1) is 12.2. The maximum atomic E-state index is 11.5. The zero-order valence-corrected chi connectivity index (χ0v) is 13.4. The molecule has 7 heteroatoms. The Labute approximate surface area is 144 Å². The summed E-state index contributed by atoms with van der Waals surface area (Å²) in [5.74, 6) is 0.364. The first kappa shape index (κ1) is 16.4. The fourth-order valence-corrected chi connectivity index (χ4v) is 2.40. The predicted molar refractivity (Wildman–Crippen MR) is 97.0 cm³/mol. The van der Waals surface area contributed by atoms with E-state index in [4.69, 9.17) is 0 Å². The minimum absolute atomic E-state index is 0.161. The molecule has 7 nitrogen and oxygen atoms in total. The van der Waals surface area contributed by atoms with E-state index in [1.54, 1.807) is 0 Å². The Kier molecular flexibility index (Phi) is 5.16. The van der Waals surface area contributed by atoms with Crippen LogP contribution >= 0.6 is 0 Å². The van der Waals surface area contributed by atoms with Gasteiger partial charge in [-0.3, -0.25) is 10.1 Å². The monoisotopic (exact) mass is 335 g/mol. The predicted octanol–water partition coefficient (Wildman–Crippen LogP) is 3.78. The fourth-order valence-electron chi connectivity index (χ4n) is 2.40. The highest BCUT2D eigenvalue weighted by molar-refractivity contribution is 5.73. The van der Waals surface area contributed by atoms with E-state index in [-0.39, 0.29) is 17.3 Å². The quantitative estimate of drug-likeness (QED) is 0.504. The van der Waals surface area contributed by atoms with Crippen LogP contribution in [0.25, 0.3) is 0 Å². The molecule has 0 bridgehead atoms. The van der Waals surface area contributed by atoms with Crippen LogP contribution in [0.4, 0.5) is 23.0 Å². The maximum Gasteiger partial charge on any atom is 0.353 e. The first-order valence-electron chi connectivity index (χ1n) is 7.83. The number of nitro groups is 1. The van der Waals surface area contributed by atoms with Crippen molar-refractivity contribution in [3.8, 4) is 0 Å². The first-order valence-corrected chi connectivity index (χ1v) is 7.83. The third-order valence-electron chi connectivity index (χ3n) is 3.59. The van der Waals surface area contributed by atoms with E-state index < -0.39 is 4.92 Å². The number of nitrogens with zero attached hydrogens (tertiary/aromatic N) is 3. The van der Waals surface area contributed by atoms with Gasteiger partial charge in [0.1, 0.15) is 6.33 Å². The van der Waals surface area contributed by atoms with Crippen LogP contribution in [0, 0.1) is 10.1 Å². The molecule has 0 aliphatic carbocycles. The second-order valence-corrected chi connectivity index (χ2v) is 5.33. The van der Waals surface area contributed by atoms with Gasteiger partial charge >= 0.3 is 5.69 Å². The standard InChI is InChI=1S/C18H17N5O2/c24-23(25)16-17(19-12-11-14-7-3-1-4-8-14)20-13-21-18(16)22-15-9-5-2-6-10-15/h1-10,13H,11-12H2,(H2,19,20,21,22). The average molecular weight is 335 g/mol. The number of rotatable bonds is 7. The highest BCUT2D eigenvalue weighted by Gasteiger charge is 2.22. The van der Waals surface area contributed by atoms with Crippen LogP contribution in [-0.4, -0.2) is 21.4 Å². The SMILES string of the molecule is O=[N+]([O-])c1c(NCCc2ccccc2)ncnc1Nc1ccccc1.